The number of hydrogen-bond donors (Lipinski definition) is 0. The summed E-state index contributed by atoms with van der Waals surface area (Å²) in [5.74, 6) is 0.428. The Balaban J connectivity index is 1.88. The fourth-order valence-corrected chi connectivity index (χ4v) is 4.72. The summed E-state index contributed by atoms with van der Waals surface area (Å²) in [6, 6.07) is 10.6. The van der Waals surface area contributed by atoms with Crippen molar-refractivity contribution in [3.8, 4) is 5.75 Å². The minimum Gasteiger partial charge on any atom is -0.494 e. The van der Waals surface area contributed by atoms with Gasteiger partial charge in [0, 0.05) is 17.1 Å². The minimum absolute atomic E-state index is 0.325. The predicted molar refractivity (Wildman–Crippen MR) is 121 cm³/mol. The van der Waals surface area contributed by atoms with E-state index in [2.05, 4.69) is 18.5 Å². The summed E-state index contributed by atoms with van der Waals surface area (Å²) in [7, 11) is 0. The third-order valence-electron chi connectivity index (χ3n) is 4.32. The summed E-state index contributed by atoms with van der Waals surface area (Å²) in [5, 5.41) is 1.06. The largest absolute Gasteiger partial charge is 0.494 e. The molecule has 0 radical (unpaired) electrons. The molecule has 0 N–H and O–H groups in total. The maximum atomic E-state index is 12.7. The second-order valence-corrected chi connectivity index (χ2v) is 8.37. The number of allylic oxidation sites excluding steroid dienone is 1. The fourth-order valence-electron chi connectivity index (χ4n) is 2.90. The van der Waals surface area contributed by atoms with Crippen LogP contribution in [0, 0.1) is 0 Å². The van der Waals surface area contributed by atoms with Gasteiger partial charge in [-0.3, -0.25) is 4.79 Å². The number of nitrogens with zero attached hydrogens (tertiary/aromatic N) is 2. The molecule has 152 valence electrons. The van der Waals surface area contributed by atoms with Gasteiger partial charge in [0.05, 0.1) is 21.8 Å². The number of hydrogen-bond acceptors (Lipinski definition) is 3. The Morgan fingerprint density at radius 3 is 2.69 bits per heavy atom. The average molecular weight is 449 g/mol. The van der Waals surface area contributed by atoms with Crippen LogP contribution in [0.3, 0.4) is 0 Å². The molecule has 0 saturated carbocycles. The molecule has 4 nitrogen and oxygen atoms in total. The third kappa shape index (κ3) is 5.30. The quantitative estimate of drug-likeness (QED) is 0.291. The second-order valence-electron chi connectivity index (χ2n) is 6.52. The molecule has 0 saturated heterocycles. The second kappa shape index (κ2) is 10.1. The molecular formula is C22H22Cl2N2O2S. The average Bonchev–Trinajstić information content (AvgIpc) is 3.03. The number of carbonyl (C=O) groups excluding carboxylic acids is 1. The van der Waals surface area contributed by atoms with Gasteiger partial charge in [-0.25, -0.2) is 0 Å². The van der Waals surface area contributed by atoms with Gasteiger partial charge < -0.3 is 9.30 Å². The number of aromatic nitrogens is 1. The normalized spacial score (nSPS) is 11.8. The highest BCUT2D eigenvalue weighted by Gasteiger charge is 2.12. The summed E-state index contributed by atoms with van der Waals surface area (Å²) >= 11 is 13.9. The Bertz CT molecular complexity index is 1080. The van der Waals surface area contributed by atoms with Gasteiger partial charge in [-0.05, 0) is 42.8 Å². The van der Waals surface area contributed by atoms with E-state index in [1.165, 1.54) is 11.3 Å². The molecule has 0 aliphatic carbocycles. The van der Waals surface area contributed by atoms with Crippen LogP contribution in [0.25, 0.3) is 10.2 Å². The number of thiazole rings is 1. The number of carbonyl (C=O) groups is 1. The molecule has 0 aliphatic heterocycles. The van der Waals surface area contributed by atoms with Crippen molar-refractivity contribution in [2.45, 2.75) is 32.7 Å². The molecule has 29 heavy (non-hydrogen) atoms. The van der Waals surface area contributed by atoms with Gasteiger partial charge in [-0.1, -0.05) is 60.4 Å². The fraction of sp³-hybridized carbons (Fsp3) is 0.273. The van der Waals surface area contributed by atoms with E-state index in [9.17, 15) is 4.79 Å². The lowest BCUT2D eigenvalue weighted by molar-refractivity contribution is 0.0998. The van der Waals surface area contributed by atoms with Gasteiger partial charge in [0.1, 0.15) is 5.75 Å². The number of fused-ring (bicyclic) bond motifs is 1. The van der Waals surface area contributed by atoms with E-state index < -0.39 is 0 Å². The Hall–Kier alpha value is -2.08. The van der Waals surface area contributed by atoms with Crippen LogP contribution >= 0.6 is 34.5 Å². The molecular weight excluding hydrogens is 427 g/mol. The maximum absolute atomic E-state index is 12.7. The molecule has 0 fully saturated rings. The summed E-state index contributed by atoms with van der Waals surface area (Å²) < 4.78 is 8.43. The van der Waals surface area contributed by atoms with Crippen LogP contribution in [-0.4, -0.2) is 17.1 Å². The molecule has 7 heteroatoms. The van der Waals surface area contributed by atoms with E-state index in [1.54, 1.807) is 36.4 Å². The molecule has 2 aromatic carbocycles. The van der Waals surface area contributed by atoms with E-state index in [0.717, 1.165) is 35.2 Å². The highest BCUT2D eigenvalue weighted by molar-refractivity contribution is 7.16. The molecule has 1 aromatic heterocycles. The zero-order valence-electron chi connectivity index (χ0n) is 16.2. The van der Waals surface area contributed by atoms with Crippen LogP contribution < -0.4 is 9.54 Å². The Morgan fingerprint density at radius 1 is 1.24 bits per heavy atom. The van der Waals surface area contributed by atoms with Gasteiger partial charge >= 0.3 is 0 Å². The molecule has 0 aliphatic rings. The van der Waals surface area contributed by atoms with E-state index in [0.29, 0.717) is 33.6 Å². The van der Waals surface area contributed by atoms with Crippen molar-refractivity contribution in [2.75, 3.05) is 6.61 Å². The van der Waals surface area contributed by atoms with Crippen LogP contribution in [0.15, 0.2) is 54.0 Å². The van der Waals surface area contributed by atoms with E-state index in [1.807, 2.05) is 10.6 Å². The molecule has 0 unspecified atom stereocenters. The van der Waals surface area contributed by atoms with Crippen LogP contribution in [0.5, 0.6) is 5.75 Å². The number of rotatable bonds is 8. The minimum atomic E-state index is -0.325. The first kappa shape index (κ1) is 21.6. The SMILES string of the molecule is C=CCn1c(=NC(=O)c2ccc(OCCCCC)cc2)sc2cc(Cl)cc(Cl)c21. The zero-order chi connectivity index (χ0) is 20.8. The standard InChI is InChI=1S/C22H22Cl2N2O2S/c1-3-5-6-12-28-17-9-7-15(8-10-17)21(27)25-22-26(11-4-2)20-18(24)13-16(23)14-19(20)29-22/h4,7-10,13-14H,2-3,5-6,11-12H2,1H3. The lowest BCUT2D eigenvalue weighted by atomic mass is 10.2. The third-order valence-corrected chi connectivity index (χ3v) is 5.85. The number of ether oxygens (including phenoxy) is 1. The van der Waals surface area contributed by atoms with Crippen LogP contribution in [-0.2, 0) is 6.54 Å². The summed E-state index contributed by atoms with van der Waals surface area (Å²) in [6.07, 6.45) is 5.06. The van der Waals surface area contributed by atoms with Crippen molar-refractivity contribution in [3.05, 3.63) is 69.5 Å². The number of amides is 1. The van der Waals surface area contributed by atoms with Crippen molar-refractivity contribution in [1.29, 1.82) is 0 Å². The van der Waals surface area contributed by atoms with Crippen molar-refractivity contribution in [2.24, 2.45) is 4.99 Å². The molecule has 0 spiro atoms. The number of halogens is 2. The smallest absolute Gasteiger partial charge is 0.279 e. The van der Waals surface area contributed by atoms with E-state index in [-0.39, 0.29) is 5.91 Å². The molecule has 3 aromatic rings. The van der Waals surface area contributed by atoms with Crippen LogP contribution in [0.4, 0.5) is 0 Å². The predicted octanol–water partition coefficient (Wildman–Crippen LogP) is 6.51. The first-order valence-electron chi connectivity index (χ1n) is 9.44. The summed E-state index contributed by atoms with van der Waals surface area (Å²) in [5.41, 5.74) is 1.29. The molecule has 3 rings (SSSR count). The summed E-state index contributed by atoms with van der Waals surface area (Å²) in [4.78, 5) is 17.6. The number of unbranched alkanes of at least 4 members (excludes halogenated alkanes) is 2. The molecule has 0 bridgehead atoms. The Labute approximate surface area is 184 Å². The highest BCUT2D eigenvalue weighted by Crippen LogP contribution is 2.29. The van der Waals surface area contributed by atoms with Crippen molar-refractivity contribution < 1.29 is 9.53 Å². The Kier molecular flexibility index (Phi) is 7.53. The van der Waals surface area contributed by atoms with Crippen molar-refractivity contribution >= 4 is 50.7 Å². The lowest BCUT2D eigenvalue weighted by Gasteiger charge is -2.06. The lowest BCUT2D eigenvalue weighted by Crippen LogP contribution is -2.16. The highest BCUT2D eigenvalue weighted by atomic mass is 35.5. The summed E-state index contributed by atoms with van der Waals surface area (Å²) in [6.45, 7) is 7.11. The molecule has 1 heterocycles. The van der Waals surface area contributed by atoms with Gasteiger partial charge in [0.15, 0.2) is 4.80 Å². The van der Waals surface area contributed by atoms with Gasteiger partial charge in [-0.2, -0.15) is 4.99 Å². The van der Waals surface area contributed by atoms with Crippen molar-refractivity contribution in [1.82, 2.24) is 4.57 Å². The molecule has 0 atom stereocenters. The van der Waals surface area contributed by atoms with Crippen molar-refractivity contribution in [3.63, 3.8) is 0 Å². The van der Waals surface area contributed by atoms with Gasteiger partial charge in [0.25, 0.3) is 5.91 Å². The topological polar surface area (TPSA) is 43.6 Å². The van der Waals surface area contributed by atoms with E-state index >= 15 is 0 Å². The first-order valence-corrected chi connectivity index (χ1v) is 11.0. The first-order chi connectivity index (χ1) is 14.0. The Morgan fingerprint density at radius 2 is 2.00 bits per heavy atom. The molecule has 1 amide bonds. The number of benzene rings is 2. The monoisotopic (exact) mass is 448 g/mol. The van der Waals surface area contributed by atoms with Gasteiger partial charge in [0.2, 0.25) is 0 Å². The zero-order valence-corrected chi connectivity index (χ0v) is 18.5. The van der Waals surface area contributed by atoms with Crippen LogP contribution in [0.2, 0.25) is 10.0 Å². The maximum Gasteiger partial charge on any atom is 0.279 e. The van der Waals surface area contributed by atoms with Gasteiger partial charge in [-0.15, -0.1) is 6.58 Å². The van der Waals surface area contributed by atoms with E-state index in [4.69, 9.17) is 27.9 Å². The van der Waals surface area contributed by atoms with Crippen LogP contribution in [0.1, 0.15) is 36.5 Å².